The molecule has 1 rings (SSSR count). The summed E-state index contributed by atoms with van der Waals surface area (Å²) in [5.74, 6) is 5.25. The number of nitrogens with zero attached hydrogens (tertiary/aromatic N) is 2. The Kier molecular flexibility index (Phi) is 4.52. The summed E-state index contributed by atoms with van der Waals surface area (Å²) in [4.78, 5) is 3.59. The Morgan fingerprint density at radius 1 is 1.62 bits per heavy atom. The van der Waals surface area contributed by atoms with Gasteiger partial charge in [0.15, 0.2) is 5.84 Å². The van der Waals surface area contributed by atoms with Gasteiger partial charge in [-0.15, -0.1) is 11.6 Å². The van der Waals surface area contributed by atoms with E-state index in [0.29, 0.717) is 17.0 Å². The summed E-state index contributed by atoms with van der Waals surface area (Å²) < 4.78 is 0. The molecule has 86 valence electrons. The fourth-order valence-electron chi connectivity index (χ4n) is 1.25. The molecule has 0 radical (unpaired) electrons. The van der Waals surface area contributed by atoms with Crippen molar-refractivity contribution in [2.75, 3.05) is 0 Å². The number of nitrogens with one attached hydrogen (secondary N) is 1. The predicted molar refractivity (Wildman–Crippen MR) is 68.3 cm³/mol. The molecule has 1 atom stereocenters. The van der Waals surface area contributed by atoms with Crippen LogP contribution in [0.1, 0.15) is 6.42 Å². The van der Waals surface area contributed by atoms with Gasteiger partial charge in [0.05, 0.1) is 5.38 Å². The van der Waals surface area contributed by atoms with Crippen LogP contribution < -0.4 is 11.6 Å². The minimum absolute atomic E-state index is 0.0288. The van der Waals surface area contributed by atoms with Gasteiger partial charge in [-0.25, -0.2) is 4.99 Å². The molecule has 0 bridgehead atoms. The number of allylic oxidation sites excluding steroid dienone is 3. The number of hydrogen-bond donors (Lipinski definition) is 3. The molecule has 1 aliphatic carbocycles. The van der Waals surface area contributed by atoms with Crippen LogP contribution in [0, 0.1) is 5.41 Å². The van der Waals surface area contributed by atoms with Crippen molar-refractivity contribution < 1.29 is 0 Å². The van der Waals surface area contributed by atoms with E-state index in [1.165, 1.54) is 0 Å². The first-order valence-corrected chi connectivity index (χ1v) is 5.24. The van der Waals surface area contributed by atoms with Gasteiger partial charge in [0.25, 0.3) is 0 Å². The Labute approximate surface area is 103 Å². The van der Waals surface area contributed by atoms with E-state index in [0.717, 1.165) is 6.34 Å². The number of alkyl halides is 1. The molecule has 0 saturated carbocycles. The zero-order valence-electron chi connectivity index (χ0n) is 8.32. The molecule has 0 aliphatic heterocycles. The maximum Gasteiger partial charge on any atom is 0.153 e. The van der Waals surface area contributed by atoms with Crippen LogP contribution in [0.15, 0.2) is 32.9 Å². The maximum atomic E-state index is 6.82. The van der Waals surface area contributed by atoms with Crippen molar-refractivity contribution in [3.8, 4) is 0 Å². The molecule has 5 N–H and O–H groups in total. The van der Waals surface area contributed by atoms with Crippen molar-refractivity contribution in [1.82, 2.24) is 0 Å². The van der Waals surface area contributed by atoms with E-state index in [1.54, 1.807) is 6.08 Å². The summed E-state index contributed by atoms with van der Waals surface area (Å²) in [6.45, 7) is 0. The van der Waals surface area contributed by atoms with Gasteiger partial charge in [0.2, 0.25) is 0 Å². The highest BCUT2D eigenvalue weighted by atomic mass is 35.5. The summed E-state index contributed by atoms with van der Waals surface area (Å²) in [5, 5.41) is 10.5. The smallest absolute Gasteiger partial charge is 0.153 e. The van der Waals surface area contributed by atoms with Gasteiger partial charge in [0.1, 0.15) is 12.1 Å². The molecule has 0 aromatic carbocycles. The van der Waals surface area contributed by atoms with E-state index >= 15 is 0 Å². The summed E-state index contributed by atoms with van der Waals surface area (Å²) >= 11 is 12.0. The van der Waals surface area contributed by atoms with E-state index in [9.17, 15) is 0 Å². The Morgan fingerprint density at radius 2 is 2.31 bits per heavy atom. The Morgan fingerprint density at radius 3 is 2.88 bits per heavy atom. The first-order valence-electron chi connectivity index (χ1n) is 4.43. The fourth-order valence-corrected chi connectivity index (χ4v) is 1.72. The van der Waals surface area contributed by atoms with Crippen LogP contribution in [0.3, 0.4) is 0 Å². The van der Waals surface area contributed by atoms with Crippen LogP contribution in [0.2, 0.25) is 0 Å². The van der Waals surface area contributed by atoms with Crippen molar-refractivity contribution in [3.05, 3.63) is 22.8 Å². The monoisotopic (exact) mass is 259 g/mol. The number of hydrazone groups is 1. The lowest BCUT2D eigenvalue weighted by Gasteiger charge is -2.16. The minimum Gasteiger partial charge on any atom is -0.382 e. The van der Waals surface area contributed by atoms with Gasteiger partial charge >= 0.3 is 0 Å². The second-order valence-electron chi connectivity index (χ2n) is 2.99. The first kappa shape index (κ1) is 12.7. The zero-order chi connectivity index (χ0) is 12.1. The molecule has 1 aliphatic rings. The number of rotatable bonds is 3. The Hall–Kier alpha value is -1.33. The van der Waals surface area contributed by atoms with Gasteiger partial charge in [-0.1, -0.05) is 23.8 Å². The molecule has 0 fully saturated rings. The Bertz CT molecular complexity index is 408. The third kappa shape index (κ3) is 2.62. The molecule has 7 heteroatoms. The number of halogens is 2. The lowest BCUT2D eigenvalue weighted by molar-refractivity contribution is 1.02. The van der Waals surface area contributed by atoms with Crippen molar-refractivity contribution in [2.45, 2.75) is 11.8 Å². The van der Waals surface area contributed by atoms with Crippen molar-refractivity contribution in [1.29, 1.82) is 5.41 Å². The van der Waals surface area contributed by atoms with Crippen LogP contribution in [0.4, 0.5) is 0 Å². The summed E-state index contributed by atoms with van der Waals surface area (Å²) in [6.07, 6.45) is 5.03. The normalized spacial score (nSPS) is 22.5. The molecule has 0 aromatic rings. The second kappa shape index (κ2) is 5.67. The third-order valence-electron chi connectivity index (χ3n) is 1.99. The average Bonchev–Trinajstić information content (AvgIpc) is 2.25. The third-order valence-corrected chi connectivity index (χ3v) is 2.97. The van der Waals surface area contributed by atoms with E-state index in [2.05, 4.69) is 10.1 Å². The largest absolute Gasteiger partial charge is 0.382 e. The van der Waals surface area contributed by atoms with E-state index in [4.69, 9.17) is 40.2 Å². The van der Waals surface area contributed by atoms with Gasteiger partial charge in [-0.2, -0.15) is 5.10 Å². The standard InChI is InChI=1S/C9H11Cl2N5/c10-6-3-1-2-5(7(6)11)8(16-14)9(13)15-4-12/h1-2,4,6H,3,14H2,(H3,12,13,15). The highest BCUT2D eigenvalue weighted by Gasteiger charge is 2.21. The SMILES string of the molecule is N=CN=C(N)C(=NN)C1=C(Cl)C(Cl)CC=C1. The van der Waals surface area contributed by atoms with Crippen LogP contribution in [0.25, 0.3) is 0 Å². The number of hydrogen-bond acceptors (Lipinski definition) is 3. The average molecular weight is 260 g/mol. The van der Waals surface area contributed by atoms with Crippen molar-refractivity contribution >= 4 is 41.1 Å². The van der Waals surface area contributed by atoms with Gasteiger partial charge in [-0.3, -0.25) is 5.41 Å². The number of aliphatic imine (C=N–C) groups is 1. The van der Waals surface area contributed by atoms with Gasteiger partial charge in [-0.05, 0) is 6.42 Å². The van der Waals surface area contributed by atoms with Gasteiger partial charge in [0, 0.05) is 10.6 Å². The molecule has 0 aromatic heterocycles. The van der Waals surface area contributed by atoms with Crippen LogP contribution >= 0.6 is 23.2 Å². The zero-order valence-corrected chi connectivity index (χ0v) is 9.83. The van der Waals surface area contributed by atoms with Crippen LogP contribution in [0.5, 0.6) is 0 Å². The maximum absolute atomic E-state index is 6.82. The first-order chi connectivity index (χ1) is 7.61. The lowest BCUT2D eigenvalue weighted by Crippen LogP contribution is -2.28. The highest BCUT2D eigenvalue weighted by Crippen LogP contribution is 2.28. The quantitative estimate of drug-likeness (QED) is 0.234. The lowest BCUT2D eigenvalue weighted by atomic mass is 10.0. The van der Waals surface area contributed by atoms with Crippen molar-refractivity contribution in [3.63, 3.8) is 0 Å². The molecule has 16 heavy (non-hydrogen) atoms. The summed E-state index contributed by atoms with van der Waals surface area (Å²) in [6, 6.07) is 0. The minimum atomic E-state index is -0.314. The summed E-state index contributed by atoms with van der Waals surface area (Å²) in [5.41, 5.74) is 6.37. The predicted octanol–water partition coefficient (Wildman–Crippen LogP) is 1.33. The van der Waals surface area contributed by atoms with Crippen molar-refractivity contribution in [2.24, 2.45) is 21.7 Å². The number of nitrogens with two attached hydrogens (primary N) is 2. The highest BCUT2D eigenvalue weighted by molar-refractivity contribution is 6.51. The molecule has 1 unspecified atom stereocenters. The Balaban J connectivity index is 3.17. The molecule has 0 saturated heterocycles. The molecule has 0 amide bonds. The summed E-state index contributed by atoms with van der Waals surface area (Å²) in [7, 11) is 0. The van der Waals surface area contributed by atoms with Crippen LogP contribution in [-0.2, 0) is 0 Å². The molecule has 0 heterocycles. The topological polar surface area (TPSA) is 101 Å². The van der Waals surface area contributed by atoms with E-state index in [-0.39, 0.29) is 16.9 Å². The molecule has 0 spiro atoms. The molecular weight excluding hydrogens is 249 g/mol. The fraction of sp³-hybridized carbons (Fsp3) is 0.222. The molecular formula is C9H11Cl2N5. The number of amidine groups is 1. The van der Waals surface area contributed by atoms with E-state index < -0.39 is 0 Å². The second-order valence-corrected chi connectivity index (χ2v) is 3.92. The molecule has 5 nitrogen and oxygen atoms in total. The van der Waals surface area contributed by atoms with Gasteiger partial charge < -0.3 is 11.6 Å². The van der Waals surface area contributed by atoms with E-state index in [1.807, 2.05) is 6.08 Å². The van der Waals surface area contributed by atoms with Crippen LogP contribution in [-0.4, -0.2) is 23.3 Å².